The van der Waals surface area contributed by atoms with Crippen LogP contribution in [0.25, 0.3) is 0 Å². The predicted octanol–water partition coefficient (Wildman–Crippen LogP) is 3.76. The highest BCUT2D eigenvalue weighted by Crippen LogP contribution is 2.33. The van der Waals surface area contributed by atoms with E-state index in [1.54, 1.807) is 0 Å². The molecule has 1 heterocycles. The van der Waals surface area contributed by atoms with E-state index in [0.717, 1.165) is 12.0 Å². The Bertz CT molecular complexity index is 274. The topological polar surface area (TPSA) is 15.3 Å². The van der Waals surface area contributed by atoms with E-state index in [0.29, 0.717) is 5.54 Å². The molecule has 3 heteroatoms. The minimum atomic E-state index is 0.460. The summed E-state index contributed by atoms with van der Waals surface area (Å²) in [5.41, 5.74) is 0.460. The predicted molar refractivity (Wildman–Crippen MR) is 91.6 cm³/mol. The third-order valence-electron chi connectivity index (χ3n) is 5.18. The van der Waals surface area contributed by atoms with E-state index in [2.05, 4.69) is 42.7 Å². The number of piperazine rings is 1. The van der Waals surface area contributed by atoms with Gasteiger partial charge in [0, 0.05) is 24.7 Å². The van der Waals surface area contributed by atoms with Crippen molar-refractivity contribution in [3.8, 4) is 0 Å². The molecule has 1 atom stereocenters. The first kappa shape index (κ1) is 16.6. The van der Waals surface area contributed by atoms with Gasteiger partial charge in [-0.2, -0.15) is 11.8 Å². The Morgan fingerprint density at radius 2 is 2.00 bits per heavy atom. The van der Waals surface area contributed by atoms with Crippen LogP contribution in [-0.2, 0) is 0 Å². The zero-order valence-electron chi connectivity index (χ0n) is 13.8. The summed E-state index contributed by atoms with van der Waals surface area (Å²) in [6.07, 6.45) is 8.47. The van der Waals surface area contributed by atoms with Crippen LogP contribution < -0.4 is 5.32 Å². The van der Waals surface area contributed by atoms with Crippen molar-refractivity contribution in [2.24, 2.45) is 5.92 Å². The van der Waals surface area contributed by atoms with E-state index in [1.165, 1.54) is 69.7 Å². The fourth-order valence-electron chi connectivity index (χ4n) is 3.99. The monoisotopic (exact) mass is 298 g/mol. The second-order valence-electron chi connectivity index (χ2n) is 7.05. The molecule has 2 nitrogen and oxygen atoms in total. The molecule has 1 aliphatic heterocycles. The van der Waals surface area contributed by atoms with Crippen LogP contribution >= 0.6 is 11.8 Å². The van der Waals surface area contributed by atoms with Crippen LogP contribution in [0.1, 0.15) is 59.3 Å². The van der Waals surface area contributed by atoms with Gasteiger partial charge in [-0.15, -0.1) is 0 Å². The van der Waals surface area contributed by atoms with Gasteiger partial charge in [0.25, 0.3) is 0 Å². The van der Waals surface area contributed by atoms with Gasteiger partial charge in [0.05, 0.1) is 0 Å². The lowest BCUT2D eigenvalue weighted by atomic mass is 9.78. The first-order valence-electron chi connectivity index (χ1n) is 8.74. The first-order valence-corrected chi connectivity index (χ1v) is 9.89. The van der Waals surface area contributed by atoms with Gasteiger partial charge in [-0.3, -0.25) is 4.90 Å². The molecule has 0 aromatic rings. The fraction of sp³-hybridized carbons (Fsp3) is 1.00. The molecule has 2 rings (SSSR count). The van der Waals surface area contributed by atoms with E-state index in [4.69, 9.17) is 0 Å². The third kappa shape index (κ3) is 4.38. The van der Waals surface area contributed by atoms with E-state index in [-0.39, 0.29) is 0 Å². The lowest BCUT2D eigenvalue weighted by Crippen LogP contribution is -2.65. The molecule has 2 aliphatic rings. The summed E-state index contributed by atoms with van der Waals surface area (Å²) in [6.45, 7) is 10.9. The minimum Gasteiger partial charge on any atom is -0.308 e. The van der Waals surface area contributed by atoms with Crippen molar-refractivity contribution >= 4 is 11.8 Å². The number of nitrogens with one attached hydrogen (secondary N) is 1. The molecule has 1 N–H and O–H groups in total. The number of hydrogen-bond donors (Lipinski definition) is 1. The zero-order chi connectivity index (χ0) is 14.4. The van der Waals surface area contributed by atoms with Crippen molar-refractivity contribution in [2.45, 2.75) is 70.9 Å². The van der Waals surface area contributed by atoms with Gasteiger partial charge in [0.1, 0.15) is 0 Å². The summed E-state index contributed by atoms with van der Waals surface area (Å²) in [4.78, 5) is 2.82. The Labute approximate surface area is 130 Å². The molecule has 1 unspecified atom stereocenters. The van der Waals surface area contributed by atoms with Crippen LogP contribution in [0.4, 0.5) is 0 Å². The Balaban J connectivity index is 1.90. The maximum absolute atomic E-state index is 3.95. The smallest absolute Gasteiger partial charge is 0.0309 e. The second kappa shape index (κ2) is 8.05. The highest BCUT2D eigenvalue weighted by Gasteiger charge is 2.40. The Morgan fingerprint density at radius 1 is 1.25 bits per heavy atom. The third-order valence-corrected chi connectivity index (χ3v) is 6.16. The summed E-state index contributed by atoms with van der Waals surface area (Å²) in [5, 5.41) is 3.95. The van der Waals surface area contributed by atoms with Crippen LogP contribution in [-0.4, -0.2) is 47.6 Å². The molecular weight excluding hydrogens is 264 g/mol. The molecule has 0 aromatic carbocycles. The summed E-state index contributed by atoms with van der Waals surface area (Å²) < 4.78 is 0. The molecule has 0 radical (unpaired) electrons. The Kier molecular flexibility index (Phi) is 6.70. The molecule has 2 fully saturated rings. The lowest BCUT2D eigenvalue weighted by molar-refractivity contribution is 0.0369. The van der Waals surface area contributed by atoms with Crippen molar-refractivity contribution in [3.63, 3.8) is 0 Å². The molecule has 1 saturated carbocycles. The molecule has 118 valence electrons. The molecule has 20 heavy (non-hydrogen) atoms. The number of thioether (sulfide) groups is 1. The van der Waals surface area contributed by atoms with E-state index < -0.39 is 0 Å². The quantitative estimate of drug-likeness (QED) is 0.752. The normalized spacial score (nSPS) is 27.3. The fourth-order valence-corrected chi connectivity index (χ4v) is 4.61. The molecule has 0 bridgehead atoms. The van der Waals surface area contributed by atoms with Gasteiger partial charge in [-0.25, -0.2) is 0 Å². The van der Waals surface area contributed by atoms with Gasteiger partial charge in [0.15, 0.2) is 0 Å². The minimum absolute atomic E-state index is 0.460. The maximum Gasteiger partial charge on any atom is 0.0309 e. The number of rotatable bonds is 6. The summed E-state index contributed by atoms with van der Waals surface area (Å²) in [6, 6.07) is 0.745. The van der Waals surface area contributed by atoms with Crippen LogP contribution in [0.5, 0.6) is 0 Å². The van der Waals surface area contributed by atoms with Crippen molar-refractivity contribution in [1.82, 2.24) is 10.2 Å². The SMILES string of the molecule is CCSCCCN1CC2(CCCCC2)NCC1C(C)C. The molecule has 0 aromatic heterocycles. The number of nitrogens with zero attached hydrogens (tertiary/aromatic N) is 1. The number of hydrogen-bond acceptors (Lipinski definition) is 3. The maximum atomic E-state index is 3.95. The molecule has 1 aliphatic carbocycles. The van der Waals surface area contributed by atoms with Crippen LogP contribution in [0.2, 0.25) is 0 Å². The average molecular weight is 299 g/mol. The van der Waals surface area contributed by atoms with Gasteiger partial charge < -0.3 is 5.32 Å². The van der Waals surface area contributed by atoms with Gasteiger partial charge in [-0.1, -0.05) is 40.0 Å². The summed E-state index contributed by atoms with van der Waals surface area (Å²) in [5.74, 6) is 3.36. The van der Waals surface area contributed by atoms with Crippen molar-refractivity contribution in [3.05, 3.63) is 0 Å². The summed E-state index contributed by atoms with van der Waals surface area (Å²) in [7, 11) is 0. The van der Waals surface area contributed by atoms with Gasteiger partial charge in [0.2, 0.25) is 0 Å². The first-order chi connectivity index (χ1) is 9.67. The van der Waals surface area contributed by atoms with E-state index in [1.807, 2.05) is 0 Å². The molecule has 1 spiro atoms. The van der Waals surface area contributed by atoms with E-state index >= 15 is 0 Å². The lowest BCUT2D eigenvalue weighted by Gasteiger charge is -2.51. The zero-order valence-corrected chi connectivity index (χ0v) is 14.6. The van der Waals surface area contributed by atoms with Crippen molar-refractivity contribution in [2.75, 3.05) is 31.1 Å². The van der Waals surface area contributed by atoms with Gasteiger partial charge >= 0.3 is 0 Å². The van der Waals surface area contributed by atoms with Crippen molar-refractivity contribution in [1.29, 1.82) is 0 Å². The highest BCUT2D eigenvalue weighted by atomic mass is 32.2. The molecule has 1 saturated heterocycles. The largest absolute Gasteiger partial charge is 0.308 e. The van der Waals surface area contributed by atoms with E-state index in [9.17, 15) is 0 Å². The van der Waals surface area contributed by atoms with Crippen LogP contribution in [0.3, 0.4) is 0 Å². The Morgan fingerprint density at radius 3 is 2.65 bits per heavy atom. The standard InChI is InChI=1S/C17H34N2S/c1-4-20-12-8-11-19-14-17(9-6-5-7-10-17)18-13-16(19)15(2)3/h15-16,18H,4-14H2,1-3H3. The summed E-state index contributed by atoms with van der Waals surface area (Å²) >= 11 is 2.09. The average Bonchev–Trinajstić information content (AvgIpc) is 2.44. The molecule has 0 amide bonds. The second-order valence-corrected chi connectivity index (χ2v) is 8.45. The van der Waals surface area contributed by atoms with Crippen LogP contribution in [0, 0.1) is 5.92 Å². The highest BCUT2D eigenvalue weighted by molar-refractivity contribution is 7.99. The van der Waals surface area contributed by atoms with Crippen molar-refractivity contribution < 1.29 is 0 Å². The van der Waals surface area contributed by atoms with Gasteiger partial charge in [-0.05, 0) is 43.2 Å². The Hall–Kier alpha value is 0.270. The van der Waals surface area contributed by atoms with Crippen LogP contribution in [0.15, 0.2) is 0 Å². The molecular formula is C17H34N2S.